The second kappa shape index (κ2) is 5.84. The molecule has 0 amide bonds. The number of nitrogens with zero attached hydrogens (tertiary/aromatic N) is 1. The standard InChI is InChI=1S/C12H19BrN2O/c1-2-3-10(11-4-5-12(13)16-11)15-8-6-14-7-9-15/h4-5,10,14H,2-3,6-9H2,1H3/t10-/m0/s1. The molecule has 1 aromatic rings. The van der Waals surface area contributed by atoms with Gasteiger partial charge < -0.3 is 9.73 Å². The lowest BCUT2D eigenvalue weighted by molar-refractivity contribution is 0.145. The highest BCUT2D eigenvalue weighted by Crippen LogP contribution is 2.29. The van der Waals surface area contributed by atoms with Gasteiger partial charge in [-0.05, 0) is 34.5 Å². The average Bonchev–Trinajstić information content (AvgIpc) is 2.74. The van der Waals surface area contributed by atoms with Gasteiger partial charge in [-0.2, -0.15) is 0 Å². The Balaban J connectivity index is 2.09. The second-order valence-electron chi connectivity index (χ2n) is 4.23. The summed E-state index contributed by atoms with van der Waals surface area (Å²) in [6.07, 6.45) is 2.35. The molecular weight excluding hydrogens is 268 g/mol. The van der Waals surface area contributed by atoms with Crippen molar-refractivity contribution in [3.05, 3.63) is 22.6 Å². The average molecular weight is 287 g/mol. The van der Waals surface area contributed by atoms with E-state index in [0.717, 1.165) is 36.6 Å². The highest BCUT2D eigenvalue weighted by Gasteiger charge is 2.23. The summed E-state index contributed by atoms with van der Waals surface area (Å²) in [6, 6.07) is 4.52. The van der Waals surface area contributed by atoms with E-state index >= 15 is 0 Å². The van der Waals surface area contributed by atoms with Crippen LogP contribution in [0.1, 0.15) is 31.6 Å². The summed E-state index contributed by atoms with van der Waals surface area (Å²) in [5.41, 5.74) is 0. The normalized spacial score (nSPS) is 19.9. The minimum atomic E-state index is 0.443. The molecule has 1 aliphatic heterocycles. The molecule has 1 atom stereocenters. The van der Waals surface area contributed by atoms with Gasteiger partial charge in [-0.15, -0.1) is 0 Å². The molecule has 1 saturated heterocycles. The van der Waals surface area contributed by atoms with Crippen molar-refractivity contribution in [3.8, 4) is 0 Å². The molecule has 1 fully saturated rings. The van der Waals surface area contributed by atoms with Crippen LogP contribution in [0, 0.1) is 0 Å². The fourth-order valence-electron chi connectivity index (χ4n) is 2.28. The lowest BCUT2D eigenvalue weighted by Gasteiger charge is -2.33. The van der Waals surface area contributed by atoms with Crippen molar-refractivity contribution >= 4 is 15.9 Å². The van der Waals surface area contributed by atoms with E-state index in [0.29, 0.717) is 6.04 Å². The van der Waals surface area contributed by atoms with Crippen molar-refractivity contribution in [1.29, 1.82) is 0 Å². The lowest BCUT2D eigenvalue weighted by atomic mass is 10.1. The Morgan fingerprint density at radius 2 is 2.19 bits per heavy atom. The van der Waals surface area contributed by atoms with Crippen molar-refractivity contribution in [3.63, 3.8) is 0 Å². The monoisotopic (exact) mass is 286 g/mol. The zero-order valence-corrected chi connectivity index (χ0v) is 11.3. The van der Waals surface area contributed by atoms with E-state index in [1.54, 1.807) is 0 Å². The molecule has 0 unspecified atom stereocenters. The van der Waals surface area contributed by atoms with E-state index in [2.05, 4.69) is 39.1 Å². The number of hydrogen-bond donors (Lipinski definition) is 1. The fraction of sp³-hybridized carbons (Fsp3) is 0.667. The summed E-state index contributed by atoms with van der Waals surface area (Å²) in [5.74, 6) is 1.09. The van der Waals surface area contributed by atoms with E-state index in [-0.39, 0.29) is 0 Å². The first kappa shape index (κ1) is 12.1. The highest BCUT2D eigenvalue weighted by molar-refractivity contribution is 9.10. The topological polar surface area (TPSA) is 28.4 Å². The highest BCUT2D eigenvalue weighted by atomic mass is 79.9. The van der Waals surface area contributed by atoms with Crippen LogP contribution in [0.25, 0.3) is 0 Å². The molecule has 1 N–H and O–H groups in total. The Bertz CT molecular complexity index is 321. The van der Waals surface area contributed by atoms with E-state index < -0.39 is 0 Å². The minimum absolute atomic E-state index is 0.443. The van der Waals surface area contributed by atoms with Gasteiger partial charge in [0.25, 0.3) is 0 Å². The molecule has 0 saturated carbocycles. The van der Waals surface area contributed by atoms with Crippen LogP contribution < -0.4 is 5.32 Å². The zero-order chi connectivity index (χ0) is 11.4. The van der Waals surface area contributed by atoms with Crippen molar-refractivity contribution in [1.82, 2.24) is 10.2 Å². The van der Waals surface area contributed by atoms with Gasteiger partial charge in [0.1, 0.15) is 5.76 Å². The summed E-state index contributed by atoms with van der Waals surface area (Å²) in [6.45, 7) is 6.63. The molecule has 0 aromatic carbocycles. The van der Waals surface area contributed by atoms with E-state index in [1.807, 2.05) is 6.07 Å². The maximum atomic E-state index is 5.71. The number of piperazine rings is 1. The molecular formula is C12H19BrN2O. The minimum Gasteiger partial charge on any atom is -0.453 e. The first-order valence-electron chi connectivity index (χ1n) is 6.01. The first-order chi connectivity index (χ1) is 7.81. The van der Waals surface area contributed by atoms with Gasteiger partial charge in [0.2, 0.25) is 0 Å². The Morgan fingerprint density at radius 1 is 1.44 bits per heavy atom. The van der Waals surface area contributed by atoms with Crippen LogP contribution in [0.5, 0.6) is 0 Å². The molecule has 4 heteroatoms. The summed E-state index contributed by atoms with van der Waals surface area (Å²) in [5, 5.41) is 3.39. The van der Waals surface area contributed by atoms with Crippen LogP contribution >= 0.6 is 15.9 Å². The van der Waals surface area contributed by atoms with E-state index in [4.69, 9.17) is 4.42 Å². The fourth-order valence-corrected chi connectivity index (χ4v) is 2.60. The van der Waals surface area contributed by atoms with Gasteiger partial charge in [-0.25, -0.2) is 0 Å². The quantitative estimate of drug-likeness (QED) is 0.923. The number of halogens is 1. The van der Waals surface area contributed by atoms with Gasteiger partial charge in [0.15, 0.2) is 4.67 Å². The molecule has 0 spiro atoms. The molecule has 2 rings (SSSR count). The number of hydrogen-bond acceptors (Lipinski definition) is 3. The van der Waals surface area contributed by atoms with E-state index in [9.17, 15) is 0 Å². The van der Waals surface area contributed by atoms with Gasteiger partial charge in [0.05, 0.1) is 6.04 Å². The molecule has 1 aliphatic rings. The van der Waals surface area contributed by atoms with Gasteiger partial charge in [0, 0.05) is 26.2 Å². The van der Waals surface area contributed by atoms with Gasteiger partial charge >= 0.3 is 0 Å². The predicted molar refractivity (Wildman–Crippen MR) is 68.5 cm³/mol. The third-order valence-electron chi connectivity index (χ3n) is 3.08. The van der Waals surface area contributed by atoms with Crippen LogP contribution in [0.3, 0.4) is 0 Å². The molecule has 3 nitrogen and oxygen atoms in total. The van der Waals surface area contributed by atoms with Gasteiger partial charge in [-0.1, -0.05) is 13.3 Å². The maximum absolute atomic E-state index is 5.71. The first-order valence-corrected chi connectivity index (χ1v) is 6.80. The van der Waals surface area contributed by atoms with Crippen LogP contribution in [-0.2, 0) is 0 Å². The molecule has 1 aromatic heterocycles. The number of rotatable bonds is 4. The Labute approximate surface area is 105 Å². The van der Waals surface area contributed by atoms with Gasteiger partial charge in [-0.3, -0.25) is 4.90 Å². The SMILES string of the molecule is CCC[C@@H](c1ccc(Br)o1)N1CCNCC1. The van der Waals surface area contributed by atoms with Crippen LogP contribution in [0.4, 0.5) is 0 Å². The summed E-state index contributed by atoms with van der Waals surface area (Å²) in [7, 11) is 0. The zero-order valence-electron chi connectivity index (χ0n) is 9.71. The molecule has 16 heavy (non-hydrogen) atoms. The number of nitrogens with one attached hydrogen (secondary N) is 1. The Hall–Kier alpha value is -0.320. The molecule has 0 bridgehead atoms. The smallest absolute Gasteiger partial charge is 0.169 e. The van der Waals surface area contributed by atoms with Crippen LogP contribution in [0.2, 0.25) is 0 Å². The molecule has 0 aliphatic carbocycles. The van der Waals surface area contributed by atoms with Crippen molar-refractivity contribution in [2.75, 3.05) is 26.2 Å². The van der Waals surface area contributed by atoms with E-state index in [1.165, 1.54) is 12.8 Å². The Morgan fingerprint density at radius 3 is 2.75 bits per heavy atom. The molecule has 2 heterocycles. The molecule has 0 radical (unpaired) electrons. The summed E-state index contributed by atoms with van der Waals surface area (Å²) in [4.78, 5) is 2.52. The van der Waals surface area contributed by atoms with Crippen LogP contribution in [0.15, 0.2) is 21.2 Å². The second-order valence-corrected chi connectivity index (χ2v) is 5.01. The third-order valence-corrected chi connectivity index (χ3v) is 3.50. The number of furan rings is 1. The van der Waals surface area contributed by atoms with Crippen molar-refractivity contribution in [2.45, 2.75) is 25.8 Å². The maximum Gasteiger partial charge on any atom is 0.169 e. The van der Waals surface area contributed by atoms with Crippen molar-refractivity contribution in [2.24, 2.45) is 0 Å². The van der Waals surface area contributed by atoms with Crippen LogP contribution in [-0.4, -0.2) is 31.1 Å². The Kier molecular flexibility index (Phi) is 4.44. The largest absolute Gasteiger partial charge is 0.453 e. The van der Waals surface area contributed by atoms with Crippen molar-refractivity contribution < 1.29 is 4.42 Å². The predicted octanol–water partition coefficient (Wildman–Crippen LogP) is 2.79. The lowest BCUT2D eigenvalue weighted by Crippen LogP contribution is -2.45. The third kappa shape index (κ3) is 2.87. The summed E-state index contributed by atoms with van der Waals surface area (Å²) >= 11 is 3.38. The molecule has 90 valence electrons. The summed E-state index contributed by atoms with van der Waals surface area (Å²) < 4.78 is 6.54.